The van der Waals surface area contributed by atoms with Crippen LogP contribution in [0.4, 0.5) is 4.39 Å². The van der Waals surface area contributed by atoms with Gasteiger partial charge in [0.1, 0.15) is 5.82 Å². The Bertz CT molecular complexity index is 385. The largest absolute Gasteiger partial charge is 0.389 e. The van der Waals surface area contributed by atoms with Gasteiger partial charge >= 0.3 is 0 Å². The van der Waals surface area contributed by atoms with E-state index in [0.29, 0.717) is 31.7 Å². The highest BCUT2D eigenvalue weighted by Crippen LogP contribution is 2.23. The zero-order chi connectivity index (χ0) is 13.6. The summed E-state index contributed by atoms with van der Waals surface area (Å²) in [6, 6.07) is 4.61. The van der Waals surface area contributed by atoms with Crippen molar-refractivity contribution in [3.05, 3.63) is 34.6 Å². The zero-order valence-electron chi connectivity index (χ0n) is 10.7. The van der Waals surface area contributed by atoms with Crippen LogP contribution < -0.4 is 5.32 Å². The van der Waals surface area contributed by atoms with E-state index in [9.17, 15) is 9.50 Å². The maximum Gasteiger partial charge on any atom is 0.142 e. The molecule has 0 saturated heterocycles. The van der Waals surface area contributed by atoms with Gasteiger partial charge in [-0.1, -0.05) is 23.7 Å². The monoisotopic (exact) mass is 275 g/mol. The van der Waals surface area contributed by atoms with E-state index in [0.717, 1.165) is 0 Å². The van der Waals surface area contributed by atoms with Crippen molar-refractivity contribution in [1.82, 2.24) is 5.32 Å². The molecule has 1 rings (SSSR count). The first-order valence-electron chi connectivity index (χ1n) is 5.81. The van der Waals surface area contributed by atoms with Crippen molar-refractivity contribution in [3.8, 4) is 0 Å². The minimum Gasteiger partial charge on any atom is -0.389 e. The molecule has 1 aromatic rings. The third kappa shape index (κ3) is 4.90. The summed E-state index contributed by atoms with van der Waals surface area (Å²) in [6.07, 6.45) is 0.295. The first kappa shape index (κ1) is 15.4. The Morgan fingerprint density at radius 3 is 2.89 bits per heavy atom. The van der Waals surface area contributed by atoms with Gasteiger partial charge in [0.2, 0.25) is 0 Å². The van der Waals surface area contributed by atoms with Crippen molar-refractivity contribution in [2.45, 2.75) is 18.9 Å². The Kier molecular flexibility index (Phi) is 6.02. The second kappa shape index (κ2) is 7.04. The van der Waals surface area contributed by atoms with Crippen LogP contribution in [0.3, 0.4) is 0 Å². The standard InChI is InChI=1S/C13H19ClFNO2/c1-13(17,9-16-6-7-18-2)8-10-4-3-5-11(15)12(10)14/h3-5,16-17H,6-9H2,1-2H3. The molecular weight excluding hydrogens is 257 g/mol. The average molecular weight is 276 g/mol. The summed E-state index contributed by atoms with van der Waals surface area (Å²) in [5.74, 6) is -0.461. The number of nitrogens with one attached hydrogen (secondary N) is 1. The number of ether oxygens (including phenoxy) is 1. The third-order valence-electron chi connectivity index (χ3n) is 2.59. The summed E-state index contributed by atoms with van der Waals surface area (Å²) in [4.78, 5) is 0. The van der Waals surface area contributed by atoms with Crippen molar-refractivity contribution < 1.29 is 14.2 Å². The van der Waals surface area contributed by atoms with Crippen LogP contribution in [0, 0.1) is 5.82 Å². The van der Waals surface area contributed by atoms with E-state index in [4.69, 9.17) is 16.3 Å². The first-order chi connectivity index (χ1) is 8.46. The maximum absolute atomic E-state index is 13.3. The minimum atomic E-state index is -0.981. The predicted molar refractivity (Wildman–Crippen MR) is 70.5 cm³/mol. The highest BCUT2D eigenvalue weighted by Gasteiger charge is 2.22. The zero-order valence-corrected chi connectivity index (χ0v) is 11.4. The number of hydrogen-bond acceptors (Lipinski definition) is 3. The topological polar surface area (TPSA) is 41.5 Å². The van der Waals surface area contributed by atoms with Gasteiger partial charge in [-0.25, -0.2) is 4.39 Å². The van der Waals surface area contributed by atoms with E-state index >= 15 is 0 Å². The van der Waals surface area contributed by atoms with E-state index < -0.39 is 11.4 Å². The quantitative estimate of drug-likeness (QED) is 0.748. The fraction of sp³-hybridized carbons (Fsp3) is 0.538. The number of benzene rings is 1. The molecule has 0 fully saturated rings. The molecule has 0 aliphatic heterocycles. The van der Waals surface area contributed by atoms with Crippen LogP contribution in [0.2, 0.25) is 5.02 Å². The molecule has 1 aromatic carbocycles. The fourth-order valence-corrected chi connectivity index (χ4v) is 1.88. The number of methoxy groups -OCH3 is 1. The van der Waals surface area contributed by atoms with E-state index in [1.165, 1.54) is 6.07 Å². The molecule has 1 unspecified atom stereocenters. The predicted octanol–water partition coefficient (Wildman–Crippen LogP) is 2.01. The van der Waals surface area contributed by atoms with Crippen LogP contribution in [-0.2, 0) is 11.2 Å². The molecule has 0 amide bonds. The normalized spacial score (nSPS) is 14.5. The summed E-state index contributed by atoms with van der Waals surface area (Å²) in [5, 5.41) is 13.3. The van der Waals surface area contributed by atoms with Crippen molar-refractivity contribution in [1.29, 1.82) is 0 Å². The molecule has 0 saturated carbocycles. The molecule has 2 N–H and O–H groups in total. The van der Waals surface area contributed by atoms with Gasteiger partial charge in [-0.15, -0.1) is 0 Å². The van der Waals surface area contributed by atoms with Crippen LogP contribution in [0.25, 0.3) is 0 Å². The van der Waals surface area contributed by atoms with Gasteiger partial charge in [-0.3, -0.25) is 0 Å². The molecule has 5 heteroatoms. The second-order valence-corrected chi connectivity index (χ2v) is 4.93. The molecule has 0 radical (unpaired) electrons. The van der Waals surface area contributed by atoms with E-state index in [2.05, 4.69) is 5.32 Å². The smallest absolute Gasteiger partial charge is 0.142 e. The Morgan fingerprint density at radius 1 is 1.50 bits per heavy atom. The molecule has 0 spiro atoms. The number of halogens is 2. The SMILES string of the molecule is COCCNCC(C)(O)Cc1cccc(F)c1Cl. The second-order valence-electron chi connectivity index (χ2n) is 4.56. The minimum absolute atomic E-state index is 0.0784. The van der Waals surface area contributed by atoms with Crippen molar-refractivity contribution in [2.75, 3.05) is 26.8 Å². The molecule has 0 aromatic heterocycles. The van der Waals surface area contributed by atoms with Gasteiger partial charge in [0.25, 0.3) is 0 Å². The van der Waals surface area contributed by atoms with Crippen LogP contribution in [0.15, 0.2) is 18.2 Å². The van der Waals surface area contributed by atoms with Gasteiger partial charge < -0.3 is 15.2 Å². The van der Waals surface area contributed by atoms with Crippen LogP contribution in [0.5, 0.6) is 0 Å². The summed E-state index contributed by atoms with van der Waals surface area (Å²) >= 11 is 5.86. The number of rotatable bonds is 7. The molecule has 3 nitrogen and oxygen atoms in total. The maximum atomic E-state index is 13.3. The van der Waals surface area contributed by atoms with Crippen LogP contribution >= 0.6 is 11.6 Å². The lowest BCUT2D eigenvalue weighted by atomic mass is 9.96. The molecule has 0 heterocycles. The van der Waals surface area contributed by atoms with E-state index in [-0.39, 0.29) is 5.02 Å². The third-order valence-corrected chi connectivity index (χ3v) is 3.01. The summed E-state index contributed by atoms with van der Waals surface area (Å²) in [6.45, 7) is 3.32. The van der Waals surface area contributed by atoms with Gasteiger partial charge in [-0.05, 0) is 18.6 Å². The Hall–Kier alpha value is -0.680. The number of aliphatic hydroxyl groups is 1. The summed E-state index contributed by atoms with van der Waals surface area (Å²) in [5.41, 5.74) is -0.374. The number of hydrogen-bond donors (Lipinski definition) is 2. The van der Waals surface area contributed by atoms with Gasteiger partial charge in [0.15, 0.2) is 0 Å². The highest BCUT2D eigenvalue weighted by atomic mass is 35.5. The fourth-order valence-electron chi connectivity index (χ4n) is 1.69. The lowest BCUT2D eigenvalue weighted by Crippen LogP contribution is -2.40. The van der Waals surface area contributed by atoms with Crippen LogP contribution in [0.1, 0.15) is 12.5 Å². The first-order valence-corrected chi connectivity index (χ1v) is 6.19. The molecule has 1 atom stereocenters. The molecule has 0 aliphatic carbocycles. The average Bonchev–Trinajstić information content (AvgIpc) is 2.31. The van der Waals surface area contributed by atoms with Crippen molar-refractivity contribution in [2.24, 2.45) is 0 Å². The van der Waals surface area contributed by atoms with Crippen molar-refractivity contribution >= 4 is 11.6 Å². The Balaban J connectivity index is 2.56. The van der Waals surface area contributed by atoms with E-state index in [1.54, 1.807) is 26.2 Å². The highest BCUT2D eigenvalue weighted by molar-refractivity contribution is 6.31. The summed E-state index contributed by atoms with van der Waals surface area (Å²) < 4.78 is 18.2. The lowest BCUT2D eigenvalue weighted by molar-refractivity contribution is 0.0581. The molecule has 102 valence electrons. The van der Waals surface area contributed by atoms with Gasteiger partial charge in [0.05, 0.1) is 17.2 Å². The lowest BCUT2D eigenvalue weighted by Gasteiger charge is -2.24. The Labute approximate surface area is 112 Å². The molecule has 0 aliphatic rings. The molecule has 18 heavy (non-hydrogen) atoms. The van der Waals surface area contributed by atoms with Crippen molar-refractivity contribution in [3.63, 3.8) is 0 Å². The Morgan fingerprint density at radius 2 is 2.22 bits per heavy atom. The van der Waals surface area contributed by atoms with Gasteiger partial charge in [-0.2, -0.15) is 0 Å². The molecular formula is C13H19ClFNO2. The van der Waals surface area contributed by atoms with Crippen LogP contribution in [-0.4, -0.2) is 37.5 Å². The van der Waals surface area contributed by atoms with Gasteiger partial charge in [0, 0.05) is 26.6 Å². The summed E-state index contributed by atoms with van der Waals surface area (Å²) in [7, 11) is 1.62. The molecule has 0 bridgehead atoms. The van der Waals surface area contributed by atoms with E-state index in [1.807, 2.05) is 0 Å².